The average Bonchev–Trinajstić information content (AvgIpc) is 2.47. The van der Waals surface area contributed by atoms with Crippen molar-refractivity contribution in [3.05, 3.63) is 29.3 Å². The van der Waals surface area contributed by atoms with Crippen molar-refractivity contribution >= 4 is 6.29 Å². The predicted molar refractivity (Wildman–Crippen MR) is 77.9 cm³/mol. The van der Waals surface area contributed by atoms with E-state index in [2.05, 4.69) is 25.1 Å². The van der Waals surface area contributed by atoms with Crippen LogP contribution in [0.15, 0.2) is 18.2 Å². The fraction of sp³-hybridized carbons (Fsp3) is 0.588. The molecule has 1 atom stereocenters. The highest BCUT2D eigenvalue weighted by Gasteiger charge is 2.20. The van der Waals surface area contributed by atoms with Crippen molar-refractivity contribution in [2.75, 3.05) is 7.11 Å². The Labute approximate surface area is 116 Å². The van der Waals surface area contributed by atoms with Gasteiger partial charge in [-0.05, 0) is 41.9 Å². The number of methoxy groups -OCH3 is 1. The van der Waals surface area contributed by atoms with Crippen LogP contribution >= 0.6 is 0 Å². The van der Waals surface area contributed by atoms with Crippen molar-refractivity contribution in [1.82, 2.24) is 0 Å². The fourth-order valence-corrected chi connectivity index (χ4v) is 3.07. The van der Waals surface area contributed by atoms with Gasteiger partial charge in [-0.15, -0.1) is 0 Å². The molecule has 0 saturated heterocycles. The van der Waals surface area contributed by atoms with Crippen LogP contribution in [0.4, 0.5) is 0 Å². The van der Waals surface area contributed by atoms with Crippen LogP contribution in [0.5, 0.6) is 5.75 Å². The minimum atomic E-state index is 0.297. The molecule has 1 aliphatic rings. The van der Waals surface area contributed by atoms with E-state index in [1.807, 2.05) is 0 Å². The molecule has 1 unspecified atom stereocenters. The van der Waals surface area contributed by atoms with Gasteiger partial charge in [0.05, 0.1) is 7.11 Å². The molecule has 0 spiro atoms. The molecule has 0 heterocycles. The van der Waals surface area contributed by atoms with E-state index in [0.29, 0.717) is 18.3 Å². The van der Waals surface area contributed by atoms with Crippen LogP contribution in [0.3, 0.4) is 0 Å². The lowest BCUT2D eigenvalue weighted by molar-refractivity contribution is -0.108. The van der Waals surface area contributed by atoms with Gasteiger partial charge in [0.25, 0.3) is 0 Å². The summed E-state index contributed by atoms with van der Waals surface area (Å²) in [6.45, 7) is 2.11. The van der Waals surface area contributed by atoms with Crippen LogP contribution in [-0.2, 0) is 4.79 Å². The lowest BCUT2D eigenvalue weighted by Gasteiger charge is -2.25. The van der Waals surface area contributed by atoms with Crippen LogP contribution in [0.25, 0.3) is 0 Å². The molecule has 0 amide bonds. The maximum Gasteiger partial charge on any atom is 0.122 e. The van der Waals surface area contributed by atoms with E-state index in [0.717, 1.165) is 12.0 Å². The Morgan fingerprint density at radius 1 is 1.32 bits per heavy atom. The largest absolute Gasteiger partial charge is 0.496 e. The zero-order chi connectivity index (χ0) is 13.7. The summed E-state index contributed by atoms with van der Waals surface area (Å²) in [4.78, 5) is 10.7. The smallest absolute Gasteiger partial charge is 0.122 e. The Kier molecular flexibility index (Phi) is 5.00. The minimum absolute atomic E-state index is 0.297. The Bertz CT molecular complexity index is 419. The first kappa shape index (κ1) is 14.1. The molecule has 2 rings (SSSR count). The molecule has 0 aromatic heterocycles. The zero-order valence-corrected chi connectivity index (χ0v) is 12.0. The summed E-state index contributed by atoms with van der Waals surface area (Å²) >= 11 is 0. The molecule has 0 N–H and O–H groups in total. The molecule has 1 aromatic rings. The maximum absolute atomic E-state index is 10.7. The van der Waals surface area contributed by atoms with Crippen LogP contribution < -0.4 is 4.74 Å². The van der Waals surface area contributed by atoms with Crippen molar-refractivity contribution in [3.63, 3.8) is 0 Å². The van der Waals surface area contributed by atoms with Crippen LogP contribution in [-0.4, -0.2) is 13.4 Å². The molecule has 1 fully saturated rings. The monoisotopic (exact) mass is 260 g/mol. The Morgan fingerprint density at radius 3 is 2.68 bits per heavy atom. The molecule has 1 aromatic carbocycles. The normalized spacial score (nSPS) is 18.0. The van der Waals surface area contributed by atoms with Crippen molar-refractivity contribution in [3.8, 4) is 5.75 Å². The van der Waals surface area contributed by atoms with E-state index in [1.54, 1.807) is 7.11 Å². The first-order valence-corrected chi connectivity index (χ1v) is 7.37. The van der Waals surface area contributed by atoms with Gasteiger partial charge >= 0.3 is 0 Å². The van der Waals surface area contributed by atoms with Gasteiger partial charge < -0.3 is 9.53 Å². The highest BCUT2D eigenvalue weighted by molar-refractivity contribution is 5.52. The fourth-order valence-electron chi connectivity index (χ4n) is 3.07. The van der Waals surface area contributed by atoms with Gasteiger partial charge in [-0.1, -0.05) is 38.3 Å². The highest BCUT2D eigenvalue weighted by Crippen LogP contribution is 2.38. The van der Waals surface area contributed by atoms with Crippen LogP contribution in [0, 0.1) is 0 Å². The van der Waals surface area contributed by atoms with Gasteiger partial charge in [0.1, 0.15) is 12.0 Å². The van der Waals surface area contributed by atoms with Crippen molar-refractivity contribution in [2.45, 2.75) is 57.3 Å². The highest BCUT2D eigenvalue weighted by atomic mass is 16.5. The topological polar surface area (TPSA) is 26.3 Å². The summed E-state index contributed by atoms with van der Waals surface area (Å²) in [5, 5.41) is 0. The minimum Gasteiger partial charge on any atom is -0.496 e. The number of carbonyl (C=O) groups is 1. The first-order chi connectivity index (χ1) is 9.26. The third kappa shape index (κ3) is 3.37. The van der Waals surface area contributed by atoms with E-state index in [1.165, 1.54) is 43.2 Å². The number of ether oxygens (including phenoxy) is 1. The van der Waals surface area contributed by atoms with Gasteiger partial charge in [-0.3, -0.25) is 0 Å². The zero-order valence-electron chi connectivity index (χ0n) is 12.0. The summed E-state index contributed by atoms with van der Waals surface area (Å²) < 4.78 is 5.52. The molecule has 2 heteroatoms. The molecule has 0 radical (unpaired) electrons. The van der Waals surface area contributed by atoms with Gasteiger partial charge in [0, 0.05) is 6.42 Å². The van der Waals surface area contributed by atoms with E-state index >= 15 is 0 Å². The van der Waals surface area contributed by atoms with E-state index < -0.39 is 0 Å². The Balaban J connectivity index is 2.27. The van der Waals surface area contributed by atoms with Crippen molar-refractivity contribution < 1.29 is 9.53 Å². The molecule has 2 nitrogen and oxygen atoms in total. The lowest BCUT2D eigenvalue weighted by Crippen LogP contribution is -2.07. The summed E-state index contributed by atoms with van der Waals surface area (Å²) in [6, 6.07) is 6.43. The number of carbonyl (C=O) groups excluding carboxylic acids is 1. The van der Waals surface area contributed by atoms with Gasteiger partial charge in [0.15, 0.2) is 0 Å². The molecule has 0 bridgehead atoms. The second kappa shape index (κ2) is 6.74. The van der Waals surface area contributed by atoms with E-state index in [4.69, 9.17) is 4.74 Å². The Morgan fingerprint density at radius 2 is 2.05 bits per heavy atom. The molecule has 1 saturated carbocycles. The molecular weight excluding hydrogens is 236 g/mol. The van der Waals surface area contributed by atoms with Gasteiger partial charge in [0.2, 0.25) is 0 Å². The third-order valence-electron chi connectivity index (χ3n) is 4.32. The number of benzene rings is 1. The van der Waals surface area contributed by atoms with Crippen molar-refractivity contribution in [2.24, 2.45) is 0 Å². The third-order valence-corrected chi connectivity index (χ3v) is 4.32. The quantitative estimate of drug-likeness (QED) is 0.732. The molecule has 19 heavy (non-hydrogen) atoms. The standard InChI is InChI=1S/C17H24O2/c1-13(10-11-18)15-8-9-17(19-2)16(12-15)14-6-4-3-5-7-14/h8-9,11-14H,3-7,10H2,1-2H3. The van der Waals surface area contributed by atoms with E-state index in [-0.39, 0.29) is 0 Å². The molecule has 104 valence electrons. The summed E-state index contributed by atoms with van der Waals surface area (Å²) in [6.07, 6.45) is 8.14. The second-order valence-electron chi connectivity index (χ2n) is 5.64. The van der Waals surface area contributed by atoms with Crippen molar-refractivity contribution in [1.29, 1.82) is 0 Å². The Hall–Kier alpha value is -1.31. The second-order valence-corrected chi connectivity index (χ2v) is 5.64. The van der Waals surface area contributed by atoms with Crippen LogP contribution in [0.1, 0.15) is 68.4 Å². The lowest BCUT2D eigenvalue weighted by atomic mass is 9.82. The number of aldehydes is 1. The van der Waals surface area contributed by atoms with Gasteiger partial charge in [-0.2, -0.15) is 0 Å². The first-order valence-electron chi connectivity index (χ1n) is 7.37. The SMILES string of the molecule is COc1ccc(C(C)CC=O)cc1C1CCCCC1. The number of rotatable bonds is 5. The number of hydrogen-bond acceptors (Lipinski definition) is 2. The predicted octanol–water partition coefficient (Wildman–Crippen LogP) is 4.44. The van der Waals surface area contributed by atoms with Gasteiger partial charge in [-0.25, -0.2) is 0 Å². The average molecular weight is 260 g/mol. The molecule has 1 aliphatic carbocycles. The van der Waals surface area contributed by atoms with E-state index in [9.17, 15) is 4.79 Å². The summed E-state index contributed by atoms with van der Waals surface area (Å²) in [5.74, 6) is 1.94. The summed E-state index contributed by atoms with van der Waals surface area (Å²) in [5.41, 5.74) is 2.60. The van der Waals surface area contributed by atoms with Crippen LogP contribution in [0.2, 0.25) is 0 Å². The maximum atomic E-state index is 10.7. The number of hydrogen-bond donors (Lipinski definition) is 0. The molecular formula is C17H24O2. The summed E-state index contributed by atoms with van der Waals surface area (Å²) in [7, 11) is 1.75. The molecule has 0 aliphatic heterocycles.